The summed E-state index contributed by atoms with van der Waals surface area (Å²) in [7, 11) is 0. The average Bonchev–Trinajstić information content (AvgIpc) is 2.72. The Bertz CT molecular complexity index is 470. The highest BCUT2D eigenvalue weighted by atomic mass is 32.1. The van der Waals surface area contributed by atoms with E-state index in [-0.39, 0.29) is 24.5 Å². The maximum absolute atomic E-state index is 12.0. The summed E-state index contributed by atoms with van der Waals surface area (Å²) in [6, 6.07) is 0.0943. The normalized spacial score (nSPS) is 23.7. The van der Waals surface area contributed by atoms with Crippen molar-refractivity contribution in [2.24, 2.45) is 5.92 Å². The molecule has 2 N–H and O–H groups in total. The van der Waals surface area contributed by atoms with Gasteiger partial charge in [0.1, 0.15) is 0 Å². The summed E-state index contributed by atoms with van der Waals surface area (Å²) in [4.78, 5) is 16.2. The van der Waals surface area contributed by atoms with Crippen molar-refractivity contribution >= 4 is 23.3 Å². The van der Waals surface area contributed by atoms with Crippen molar-refractivity contribution in [3.63, 3.8) is 0 Å². The molecule has 0 aromatic carbocycles. The second kappa shape index (κ2) is 7.55. The van der Waals surface area contributed by atoms with Crippen LogP contribution in [-0.4, -0.2) is 28.6 Å². The smallest absolute Gasteiger partial charge is 0.244 e. The molecule has 1 saturated carbocycles. The zero-order chi connectivity index (χ0) is 14.4. The molecule has 0 bridgehead atoms. The lowest BCUT2D eigenvalue weighted by Gasteiger charge is -2.23. The Labute approximate surface area is 123 Å². The molecule has 1 aromatic heterocycles. The topological polar surface area (TPSA) is 62.2 Å². The molecule has 0 radical (unpaired) electrons. The Morgan fingerprint density at radius 3 is 3.00 bits per heavy atom. The fourth-order valence-electron chi connectivity index (χ4n) is 2.64. The molecule has 2 rings (SSSR count). The van der Waals surface area contributed by atoms with Gasteiger partial charge in [0.2, 0.25) is 5.91 Å². The molecule has 20 heavy (non-hydrogen) atoms. The van der Waals surface area contributed by atoms with Crippen LogP contribution in [0.5, 0.6) is 0 Å². The summed E-state index contributed by atoms with van der Waals surface area (Å²) >= 11 is 1.57. The average molecular weight is 294 g/mol. The van der Waals surface area contributed by atoms with Crippen molar-refractivity contribution in [2.75, 3.05) is 6.61 Å². The van der Waals surface area contributed by atoms with Gasteiger partial charge in [-0.3, -0.25) is 4.79 Å². The second-order valence-electron chi connectivity index (χ2n) is 5.32. The molecule has 1 amide bonds. The van der Waals surface area contributed by atoms with Gasteiger partial charge in [0.25, 0.3) is 0 Å². The molecular weight excluding hydrogens is 272 g/mol. The van der Waals surface area contributed by atoms with Crippen LogP contribution in [0.15, 0.2) is 11.5 Å². The number of aromatic nitrogens is 1. The van der Waals surface area contributed by atoms with E-state index < -0.39 is 0 Å². The molecule has 1 aromatic rings. The van der Waals surface area contributed by atoms with Crippen LogP contribution in [0.1, 0.15) is 42.8 Å². The number of aryl methyl sites for hydroxylation is 1. The van der Waals surface area contributed by atoms with Gasteiger partial charge < -0.3 is 10.4 Å². The van der Waals surface area contributed by atoms with Gasteiger partial charge in [-0.05, 0) is 25.8 Å². The number of amides is 1. The number of nitrogens with zero attached hydrogens (tertiary/aromatic N) is 1. The van der Waals surface area contributed by atoms with E-state index in [9.17, 15) is 9.90 Å². The Morgan fingerprint density at radius 1 is 1.50 bits per heavy atom. The van der Waals surface area contributed by atoms with E-state index >= 15 is 0 Å². The first-order chi connectivity index (χ1) is 9.69. The summed E-state index contributed by atoms with van der Waals surface area (Å²) in [5, 5.41) is 15.4. The van der Waals surface area contributed by atoms with Gasteiger partial charge >= 0.3 is 0 Å². The van der Waals surface area contributed by atoms with Crippen molar-refractivity contribution in [1.82, 2.24) is 10.3 Å². The SMILES string of the molecule is Cc1nc(/C=C/C(=O)NC2CCCCCC2CO)cs1. The molecule has 1 heterocycles. The second-order valence-corrected chi connectivity index (χ2v) is 6.38. The summed E-state index contributed by atoms with van der Waals surface area (Å²) in [6.45, 7) is 2.10. The minimum atomic E-state index is -0.0963. The number of aliphatic hydroxyl groups excluding tert-OH is 1. The number of carbonyl (C=O) groups excluding carboxylic acids is 1. The molecule has 1 aliphatic carbocycles. The number of rotatable bonds is 4. The Morgan fingerprint density at radius 2 is 2.30 bits per heavy atom. The minimum Gasteiger partial charge on any atom is -0.396 e. The van der Waals surface area contributed by atoms with Gasteiger partial charge in [0.15, 0.2) is 0 Å². The number of thiazole rings is 1. The van der Waals surface area contributed by atoms with Crippen LogP contribution < -0.4 is 5.32 Å². The lowest BCUT2D eigenvalue weighted by Crippen LogP contribution is -2.40. The van der Waals surface area contributed by atoms with Gasteiger partial charge in [-0.1, -0.05) is 19.3 Å². The summed E-state index contributed by atoms with van der Waals surface area (Å²) in [5.74, 6) is 0.0948. The van der Waals surface area contributed by atoms with Crippen LogP contribution in [0.2, 0.25) is 0 Å². The zero-order valence-electron chi connectivity index (χ0n) is 11.8. The Balaban J connectivity index is 1.90. The highest BCUT2D eigenvalue weighted by Crippen LogP contribution is 2.23. The molecule has 2 atom stereocenters. The summed E-state index contributed by atoms with van der Waals surface area (Å²) in [5.41, 5.74) is 0.822. The van der Waals surface area contributed by atoms with Crippen molar-refractivity contribution < 1.29 is 9.90 Å². The van der Waals surface area contributed by atoms with E-state index in [2.05, 4.69) is 10.3 Å². The van der Waals surface area contributed by atoms with E-state index in [1.165, 1.54) is 12.5 Å². The van der Waals surface area contributed by atoms with Crippen LogP contribution in [-0.2, 0) is 4.79 Å². The summed E-state index contributed by atoms with van der Waals surface area (Å²) in [6.07, 6.45) is 8.69. The van der Waals surface area contributed by atoms with E-state index in [0.29, 0.717) is 0 Å². The quantitative estimate of drug-likeness (QED) is 0.662. The van der Waals surface area contributed by atoms with Crippen molar-refractivity contribution in [1.29, 1.82) is 0 Å². The highest BCUT2D eigenvalue weighted by Gasteiger charge is 2.23. The van der Waals surface area contributed by atoms with Crippen LogP contribution >= 0.6 is 11.3 Å². The maximum atomic E-state index is 12.0. The highest BCUT2D eigenvalue weighted by molar-refractivity contribution is 7.09. The third-order valence-electron chi connectivity index (χ3n) is 3.76. The molecule has 1 fully saturated rings. The number of carbonyl (C=O) groups is 1. The third-order valence-corrected chi connectivity index (χ3v) is 4.56. The molecule has 0 saturated heterocycles. The summed E-state index contributed by atoms with van der Waals surface area (Å²) < 4.78 is 0. The number of nitrogens with one attached hydrogen (secondary N) is 1. The molecule has 4 nitrogen and oxygen atoms in total. The minimum absolute atomic E-state index is 0.0943. The monoisotopic (exact) mass is 294 g/mol. The molecule has 2 unspecified atom stereocenters. The maximum Gasteiger partial charge on any atom is 0.244 e. The number of hydrogen-bond donors (Lipinski definition) is 2. The molecular formula is C15H22N2O2S. The van der Waals surface area contributed by atoms with Crippen molar-refractivity contribution in [3.05, 3.63) is 22.2 Å². The number of hydrogen-bond acceptors (Lipinski definition) is 4. The molecule has 5 heteroatoms. The Hall–Kier alpha value is -1.20. The molecule has 0 aliphatic heterocycles. The predicted molar refractivity (Wildman–Crippen MR) is 81.5 cm³/mol. The molecule has 0 spiro atoms. The van der Waals surface area contributed by atoms with Crippen LogP contribution in [0, 0.1) is 12.8 Å². The molecule has 1 aliphatic rings. The van der Waals surface area contributed by atoms with Gasteiger partial charge in [-0.15, -0.1) is 11.3 Å². The molecule has 110 valence electrons. The van der Waals surface area contributed by atoms with Crippen molar-refractivity contribution in [3.8, 4) is 0 Å². The van der Waals surface area contributed by atoms with E-state index in [1.807, 2.05) is 12.3 Å². The van der Waals surface area contributed by atoms with E-state index in [4.69, 9.17) is 0 Å². The fraction of sp³-hybridized carbons (Fsp3) is 0.600. The van der Waals surface area contributed by atoms with E-state index in [1.54, 1.807) is 17.4 Å². The standard InChI is InChI=1S/C15H22N2O2S/c1-11-16-13(10-20-11)7-8-15(19)17-14-6-4-2-3-5-12(14)9-18/h7-8,10,12,14,18H,2-6,9H2,1H3,(H,17,19)/b8-7+. The first-order valence-electron chi connectivity index (χ1n) is 7.20. The third kappa shape index (κ3) is 4.42. The first kappa shape index (κ1) is 15.2. The fourth-order valence-corrected chi connectivity index (χ4v) is 3.22. The predicted octanol–water partition coefficient (Wildman–Crippen LogP) is 2.52. The first-order valence-corrected chi connectivity index (χ1v) is 8.08. The van der Waals surface area contributed by atoms with Crippen LogP contribution in [0.25, 0.3) is 6.08 Å². The lowest BCUT2D eigenvalue weighted by molar-refractivity contribution is -0.117. The van der Waals surface area contributed by atoms with Gasteiger partial charge in [0.05, 0.1) is 10.7 Å². The largest absolute Gasteiger partial charge is 0.396 e. The van der Waals surface area contributed by atoms with E-state index in [0.717, 1.165) is 36.4 Å². The van der Waals surface area contributed by atoms with Crippen LogP contribution in [0.3, 0.4) is 0 Å². The van der Waals surface area contributed by atoms with Gasteiger partial charge in [-0.2, -0.15) is 0 Å². The Kier molecular flexibility index (Phi) is 5.73. The van der Waals surface area contributed by atoms with Gasteiger partial charge in [0, 0.05) is 30.0 Å². The number of aliphatic hydroxyl groups is 1. The van der Waals surface area contributed by atoms with Crippen LogP contribution in [0.4, 0.5) is 0 Å². The van der Waals surface area contributed by atoms with Gasteiger partial charge in [-0.25, -0.2) is 4.98 Å². The zero-order valence-corrected chi connectivity index (χ0v) is 12.7. The lowest BCUT2D eigenvalue weighted by atomic mass is 9.95. The van der Waals surface area contributed by atoms with Crippen molar-refractivity contribution in [2.45, 2.75) is 45.1 Å².